The monoisotopic (exact) mass is 309 g/mol. The molecule has 5 heteroatoms. The summed E-state index contributed by atoms with van der Waals surface area (Å²) in [5.74, 6) is 0. The van der Waals surface area contributed by atoms with Gasteiger partial charge in [-0.15, -0.1) is 0 Å². The molecule has 1 aliphatic rings. The zero-order valence-corrected chi connectivity index (χ0v) is 16.1. The Morgan fingerprint density at radius 1 is 0.905 bits per heavy atom. The van der Waals surface area contributed by atoms with E-state index in [1.807, 2.05) is 11.8 Å². The first-order chi connectivity index (χ1) is 9.58. The predicted molar refractivity (Wildman–Crippen MR) is 90.1 cm³/mol. The van der Waals surface area contributed by atoms with Gasteiger partial charge in [-0.2, -0.15) is 0 Å². The summed E-state index contributed by atoms with van der Waals surface area (Å²) in [4.78, 5) is 6.89. The fraction of sp³-hybridized carbons (Fsp3) is 0.250. The molecule has 3 rings (SSSR count). The number of fused-ring (bicyclic) bond motifs is 2. The number of rotatable bonds is 2. The summed E-state index contributed by atoms with van der Waals surface area (Å²) in [7, 11) is 8.35. The van der Waals surface area contributed by atoms with Crippen LogP contribution in [0.4, 0.5) is 22.7 Å². The van der Waals surface area contributed by atoms with E-state index in [0.717, 1.165) is 0 Å². The summed E-state index contributed by atoms with van der Waals surface area (Å²) >= 11 is 1.83. The van der Waals surface area contributed by atoms with E-state index in [2.05, 4.69) is 79.7 Å². The molecule has 0 aromatic heterocycles. The minimum absolute atomic E-state index is 0. The van der Waals surface area contributed by atoms with Crippen molar-refractivity contribution in [3.05, 3.63) is 36.4 Å². The van der Waals surface area contributed by atoms with Crippen molar-refractivity contribution < 1.29 is 31.0 Å². The summed E-state index contributed by atoms with van der Waals surface area (Å²) in [5.41, 5.74) is 4.84. The van der Waals surface area contributed by atoms with Crippen molar-refractivity contribution in [2.24, 2.45) is 0 Å². The second-order valence-electron chi connectivity index (χ2n) is 5.32. The number of nitrogens with one attached hydrogen (secondary N) is 1. The van der Waals surface area contributed by atoms with E-state index in [9.17, 15) is 0 Å². The van der Waals surface area contributed by atoms with Crippen LogP contribution in [0.1, 0.15) is 1.43 Å². The molecule has 0 atom stereocenters. The van der Waals surface area contributed by atoms with Crippen molar-refractivity contribution in [2.45, 2.75) is 9.79 Å². The molecule has 0 saturated carbocycles. The van der Waals surface area contributed by atoms with Crippen molar-refractivity contribution in [1.82, 2.24) is 0 Å². The van der Waals surface area contributed by atoms with Crippen molar-refractivity contribution in [3.8, 4) is 0 Å². The van der Waals surface area contributed by atoms with Crippen LogP contribution in [0.15, 0.2) is 46.2 Å². The molecule has 1 aliphatic heterocycles. The largest absolute Gasteiger partial charge is 1.00 e. The number of para-hydroxylation sites is 1. The molecule has 106 valence electrons. The van der Waals surface area contributed by atoms with Crippen LogP contribution >= 0.6 is 11.8 Å². The van der Waals surface area contributed by atoms with Gasteiger partial charge in [0.1, 0.15) is 0 Å². The molecule has 0 aliphatic carbocycles. The maximum absolute atomic E-state index is 3.60. The van der Waals surface area contributed by atoms with Crippen LogP contribution in [-0.4, -0.2) is 28.2 Å². The van der Waals surface area contributed by atoms with Crippen LogP contribution in [0.3, 0.4) is 0 Å². The molecule has 0 saturated heterocycles. The third-order valence-corrected chi connectivity index (χ3v) is 4.55. The Morgan fingerprint density at radius 2 is 1.62 bits per heavy atom. The summed E-state index contributed by atoms with van der Waals surface area (Å²) in [6, 6.07) is 12.8. The van der Waals surface area contributed by atoms with Gasteiger partial charge in [0.15, 0.2) is 0 Å². The third kappa shape index (κ3) is 3.04. The Balaban J connectivity index is 0.00000121. The Morgan fingerprint density at radius 3 is 2.29 bits per heavy atom. The average molecular weight is 309 g/mol. The first kappa shape index (κ1) is 16.6. The van der Waals surface area contributed by atoms with Crippen LogP contribution in [0.25, 0.3) is 0 Å². The van der Waals surface area contributed by atoms with Gasteiger partial charge in [-0.05, 0) is 24.3 Å². The van der Waals surface area contributed by atoms with E-state index in [0.29, 0.717) is 0 Å². The van der Waals surface area contributed by atoms with E-state index in [4.69, 9.17) is 0 Å². The number of nitrogens with zero attached hydrogens (tertiary/aromatic N) is 2. The number of benzene rings is 2. The fourth-order valence-electron chi connectivity index (χ4n) is 2.49. The Kier molecular flexibility index (Phi) is 5.15. The molecule has 3 nitrogen and oxygen atoms in total. The quantitative estimate of drug-likeness (QED) is 0.715. The molecule has 21 heavy (non-hydrogen) atoms. The number of anilines is 4. The van der Waals surface area contributed by atoms with Gasteiger partial charge in [0.2, 0.25) is 0 Å². The normalized spacial score (nSPS) is 11.6. The molecule has 0 radical (unpaired) electrons. The SMILES string of the molecule is CN(C)c1ccc2c(c1N(C)C)Nc1ccccc1S2.[H-].[Na+]. The molecule has 1 heterocycles. The first-order valence-corrected chi connectivity index (χ1v) is 7.45. The van der Waals surface area contributed by atoms with Crippen LogP contribution < -0.4 is 44.7 Å². The zero-order valence-electron chi connectivity index (χ0n) is 14.3. The van der Waals surface area contributed by atoms with Crippen molar-refractivity contribution in [3.63, 3.8) is 0 Å². The first-order valence-electron chi connectivity index (χ1n) is 6.63. The predicted octanol–water partition coefficient (Wildman–Crippen LogP) is 1.14. The molecule has 2 aromatic carbocycles. The third-order valence-electron chi connectivity index (χ3n) is 3.41. The smallest absolute Gasteiger partial charge is 1.00 e. The summed E-state index contributed by atoms with van der Waals surface area (Å²) in [5, 5.41) is 3.60. The molecule has 0 spiro atoms. The van der Waals surface area contributed by atoms with Crippen LogP contribution in [0.5, 0.6) is 0 Å². The van der Waals surface area contributed by atoms with Crippen LogP contribution in [0.2, 0.25) is 0 Å². The van der Waals surface area contributed by atoms with E-state index in [1.165, 1.54) is 32.5 Å². The van der Waals surface area contributed by atoms with Gasteiger partial charge in [0, 0.05) is 38.0 Å². The molecule has 2 aromatic rings. The van der Waals surface area contributed by atoms with Gasteiger partial charge in [-0.3, -0.25) is 0 Å². The standard InChI is InChI=1S/C16H19N3S.Na.H/c1-18(2)12-9-10-14-15(16(12)19(3)4)17-11-7-5-6-8-13(11)20-14;;/h5-10,17H,1-4H3;;/q;+1;-1. The van der Waals surface area contributed by atoms with Gasteiger partial charge in [-0.1, -0.05) is 23.9 Å². The summed E-state index contributed by atoms with van der Waals surface area (Å²) in [6.07, 6.45) is 0. The maximum atomic E-state index is 3.60. The van der Waals surface area contributed by atoms with Gasteiger partial charge in [-0.25, -0.2) is 0 Å². The van der Waals surface area contributed by atoms with Gasteiger partial charge < -0.3 is 16.5 Å². The zero-order chi connectivity index (χ0) is 14.3. The number of hydrogen-bond acceptors (Lipinski definition) is 4. The van der Waals surface area contributed by atoms with Gasteiger partial charge in [0.25, 0.3) is 0 Å². The van der Waals surface area contributed by atoms with E-state index in [-0.39, 0.29) is 31.0 Å². The molecule has 0 unspecified atom stereocenters. The van der Waals surface area contributed by atoms with Crippen molar-refractivity contribution in [1.29, 1.82) is 0 Å². The van der Waals surface area contributed by atoms with Crippen molar-refractivity contribution >= 4 is 34.5 Å². The van der Waals surface area contributed by atoms with E-state index in [1.54, 1.807) is 0 Å². The second kappa shape index (κ2) is 6.53. The molecular weight excluding hydrogens is 289 g/mol. The van der Waals surface area contributed by atoms with E-state index < -0.39 is 0 Å². The molecule has 1 N–H and O–H groups in total. The number of hydrogen-bond donors (Lipinski definition) is 1. The Labute approximate surface area is 154 Å². The minimum atomic E-state index is 0. The summed E-state index contributed by atoms with van der Waals surface area (Å²) < 4.78 is 0. The minimum Gasteiger partial charge on any atom is -1.00 e. The average Bonchev–Trinajstić information content (AvgIpc) is 2.43. The molecule has 0 amide bonds. The maximum Gasteiger partial charge on any atom is 1.00 e. The van der Waals surface area contributed by atoms with Crippen LogP contribution in [0, 0.1) is 0 Å². The van der Waals surface area contributed by atoms with E-state index >= 15 is 0 Å². The fourth-order valence-corrected chi connectivity index (χ4v) is 3.49. The summed E-state index contributed by atoms with van der Waals surface area (Å²) in [6.45, 7) is 0. The van der Waals surface area contributed by atoms with Crippen molar-refractivity contribution in [2.75, 3.05) is 43.3 Å². The molecular formula is C16H20N3NaS. The molecule has 0 fully saturated rings. The Bertz CT molecular complexity index is 662. The Hall–Kier alpha value is -0.810. The topological polar surface area (TPSA) is 18.5 Å². The van der Waals surface area contributed by atoms with Gasteiger partial charge in [0.05, 0.1) is 22.7 Å². The molecule has 0 bridgehead atoms. The van der Waals surface area contributed by atoms with Crippen LogP contribution in [-0.2, 0) is 0 Å². The second-order valence-corrected chi connectivity index (χ2v) is 6.40. The van der Waals surface area contributed by atoms with Gasteiger partial charge >= 0.3 is 29.6 Å².